The van der Waals surface area contributed by atoms with Gasteiger partial charge in [0.05, 0.1) is 6.10 Å². The molecule has 1 aromatic carbocycles. The summed E-state index contributed by atoms with van der Waals surface area (Å²) in [5.74, 6) is 0.406. The van der Waals surface area contributed by atoms with Crippen LogP contribution >= 0.6 is 0 Å². The molecule has 0 bridgehead atoms. The fraction of sp³-hybridized carbons (Fsp3) is 0.533. The average molecular weight is 278 g/mol. The van der Waals surface area contributed by atoms with E-state index in [1.165, 1.54) is 0 Å². The van der Waals surface area contributed by atoms with Crippen LogP contribution in [0.1, 0.15) is 31.4 Å². The molecule has 0 aromatic heterocycles. The normalized spacial score (nSPS) is 19.9. The van der Waals surface area contributed by atoms with E-state index in [1.807, 2.05) is 0 Å². The molecule has 5 heteroatoms. The number of aliphatic hydroxyl groups is 2. The highest BCUT2D eigenvalue weighted by molar-refractivity contribution is 5.89. The third-order valence-electron chi connectivity index (χ3n) is 3.75. The number of carbonyl (C=O) groups excluding carboxylic acids is 1. The van der Waals surface area contributed by atoms with Crippen LogP contribution in [0, 0.1) is 5.92 Å². The predicted molar refractivity (Wildman–Crippen MR) is 77.5 cm³/mol. The fourth-order valence-electron chi connectivity index (χ4n) is 2.48. The van der Waals surface area contributed by atoms with Gasteiger partial charge in [0.2, 0.25) is 0 Å². The molecule has 0 radical (unpaired) electrons. The number of amides is 2. The van der Waals surface area contributed by atoms with Crippen molar-refractivity contribution in [2.75, 3.05) is 25.0 Å². The Bertz CT molecular complexity index is 445. The maximum Gasteiger partial charge on any atom is 0.321 e. The second kappa shape index (κ2) is 6.72. The monoisotopic (exact) mass is 278 g/mol. The van der Waals surface area contributed by atoms with Crippen LogP contribution in [0.4, 0.5) is 10.5 Å². The van der Waals surface area contributed by atoms with E-state index in [2.05, 4.69) is 5.32 Å². The predicted octanol–water partition coefficient (Wildman–Crippen LogP) is 1.98. The van der Waals surface area contributed by atoms with Crippen molar-refractivity contribution >= 4 is 11.7 Å². The molecule has 1 aliphatic rings. The molecule has 0 saturated carbocycles. The zero-order valence-corrected chi connectivity index (χ0v) is 11.7. The molecular weight excluding hydrogens is 256 g/mol. The molecule has 110 valence electrons. The number of urea groups is 1. The number of hydrogen-bond acceptors (Lipinski definition) is 3. The van der Waals surface area contributed by atoms with Gasteiger partial charge in [-0.25, -0.2) is 4.79 Å². The Labute approximate surface area is 119 Å². The van der Waals surface area contributed by atoms with Gasteiger partial charge in [0, 0.05) is 25.4 Å². The Balaban J connectivity index is 1.88. The van der Waals surface area contributed by atoms with Gasteiger partial charge in [0.15, 0.2) is 0 Å². The Morgan fingerprint density at radius 1 is 1.45 bits per heavy atom. The number of aliphatic hydroxyl groups excluding tert-OH is 2. The van der Waals surface area contributed by atoms with Crippen LogP contribution < -0.4 is 5.32 Å². The summed E-state index contributed by atoms with van der Waals surface area (Å²) in [4.78, 5) is 13.9. The second-order valence-electron chi connectivity index (χ2n) is 5.34. The van der Waals surface area contributed by atoms with Crippen molar-refractivity contribution in [2.24, 2.45) is 5.92 Å². The third kappa shape index (κ3) is 3.71. The van der Waals surface area contributed by atoms with E-state index in [9.17, 15) is 9.90 Å². The third-order valence-corrected chi connectivity index (χ3v) is 3.75. The summed E-state index contributed by atoms with van der Waals surface area (Å²) in [6.07, 6.45) is 1.21. The quantitative estimate of drug-likeness (QED) is 0.788. The van der Waals surface area contributed by atoms with Crippen LogP contribution in [0.15, 0.2) is 24.3 Å². The summed E-state index contributed by atoms with van der Waals surface area (Å²) in [7, 11) is 0. The van der Waals surface area contributed by atoms with Crippen LogP contribution in [0.25, 0.3) is 0 Å². The molecular formula is C15H22N2O3. The molecule has 0 spiro atoms. The van der Waals surface area contributed by atoms with Gasteiger partial charge in [0.1, 0.15) is 0 Å². The van der Waals surface area contributed by atoms with Gasteiger partial charge >= 0.3 is 6.03 Å². The Morgan fingerprint density at radius 3 is 2.75 bits per heavy atom. The first-order valence-electron chi connectivity index (χ1n) is 7.05. The second-order valence-corrected chi connectivity index (χ2v) is 5.34. The van der Waals surface area contributed by atoms with Gasteiger partial charge in [-0.3, -0.25) is 0 Å². The molecule has 1 aliphatic heterocycles. The Kier molecular flexibility index (Phi) is 4.98. The van der Waals surface area contributed by atoms with Gasteiger partial charge in [-0.15, -0.1) is 0 Å². The van der Waals surface area contributed by atoms with Crippen LogP contribution in [0.3, 0.4) is 0 Å². The minimum atomic E-state index is -0.502. The SMILES string of the molecule is CC(O)c1ccc(NC(=O)N2CCC(CCO)C2)cc1. The Hall–Kier alpha value is -1.59. The van der Waals surface area contributed by atoms with Crippen molar-refractivity contribution in [3.8, 4) is 0 Å². The number of carbonyl (C=O) groups is 1. The number of hydrogen-bond donors (Lipinski definition) is 3. The van der Waals surface area contributed by atoms with E-state index in [1.54, 1.807) is 36.1 Å². The highest BCUT2D eigenvalue weighted by Crippen LogP contribution is 2.21. The summed E-state index contributed by atoms with van der Waals surface area (Å²) in [5.41, 5.74) is 1.55. The van der Waals surface area contributed by atoms with Crippen molar-refractivity contribution < 1.29 is 15.0 Å². The molecule has 2 rings (SSSR count). The van der Waals surface area contributed by atoms with Crippen molar-refractivity contribution in [3.05, 3.63) is 29.8 Å². The smallest absolute Gasteiger partial charge is 0.321 e. The molecule has 1 aromatic rings. The largest absolute Gasteiger partial charge is 0.396 e. The molecule has 1 heterocycles. The highest BCUT2D eigenvalue weighted by atomic mass is 16.3. The molecule has 3 N–H and O–H groups in total. The van der Waals surface area contributed by atoms with Crippen molar-refractivity contribution in [1.82, 2.24) is 4.90 Å². The molecule has 20 heavy (non-hydrogen) atoms. The molecule has 2 amide bonds. The molecule has 1 fully saturated rings. The van der Waals surface area contributed by atoms with Crippen LogP contribution in [-0.2, 0) is 0 Å². The molecule has 2 atom stereocenters. The van der Waals surface area contributed by atoms with Crippen molar-refractivity contribution in [2.45, 2.75) is 25.9 Å². The fourth-order valence-corrected chi connectivity index (χ4v) is 2.48. The first-order valence-corrected chi connectivity index (χ1v) is 7.05. The first-order chi connectivity index (χ1) is 9.60. The summed E-state index contributed by atoms with van der Waals surface area (Å²) in [6, 6.07) is 7.09. The lowest BCUT2D eigenvalue weighted by Crippen LogP contribution is -2.33. The lowest BCUT2D eigenvalue weighted by molar-refractivity contribution is 0.199. The molecule has 2 unspecified atom stereocenters. The average Bonchev–Trinajstić information content (AvgIpc) is 2.88. The van der Waals surface area contributed by atoms with Gasteiger partial charge in [-0.2, -0.15) is 0 Å². The lowest BCUT2D eigenvalue weighted by Gasteiger charge is -2.17. The molecule has 1 saturated heterocycles. The summed E-state index contributed by atoms with van der Waals surface area (Å²) >= 11 is 0. The molecule has 5 nitrogen and oxygen atoms in total. The number of rotatable bonds is 4. The lowest BCUT2D eigenvalue weighted by atomic mass is 10.1. The van der Waals surface area contributed by atoms with E-state index < -0.39 is 6.10 Å². The zero-order valence-electron chi connectivity index (χ0n) is 11.7. The highest BCUT2D eigenvalue weighted by Gasteiger charge is 2.25. The maximum absolute atomic E-state index is 12.1. The number of nitrogens with zero attached hydrogens (tertiary/aromatic N) is 1. The zero-order chi connectivity index (χ0) is 14.5. The van der Waals surface area contributed by atoms with Crippen molar-refractivity contribution in [3.63, 3.8) is 0 Å². The topological polar surface area (TPSA) is 72.8 Å². The minimum absolute atomic E-state index is 0.102. The standard InChI is InChI=1S/C15H22N2O3/c1-11(19)13-2-4-14(5-3-13)16-15(20)17-8-6-12(10-17)7-9-18/h2-5,11-12,18-19H,6-10H2,1H3,(H,16,20). The van der Waals surface area contributed by atoms with E-state index in [0.29, 0.717) is 12.5 Å². The summed E-state index contributed by atoms with van der Waals surface area (Å²) in [5, 5.41) is 21.2. The van der Waals surface area contributed by atoms with E-state index >= 15 is 0 Å². The van der Waals surface area contributed by atoms with Crippen molar-refractivity contribution in [1.29, 1.82) is 0 Å². The summed E-state index contributed by atoms with van der Waals surface area (Å²) < 4.78 is 0. The number of benzene rings is 1. The molecule has 0 aliphatic carbocycles. The maximum atomic E-state index is 12.1. The van der Waals surface area contributed by atoms with Gasteiger partial charge < -0.3 is 20.4 Å². The van der Waals surface area contributed by atoms with E-state index in [-0.39, 0.29) is 12.6 Å². The Morgan fingerprint density at radius 2 is 2.15 bits per heavy atom. The number of nitrogens with one attached hydrogen (secondary N) is 1. The number of anilines is 1. The van der Waals surface area contributed by atoms with Crippen LogP contribution in [0.5, 0.6) is 0 Å². The number of likely N-dealkylation sites (tertiary alicyclic amines) is 1. The first kappa shape index (κ1) is 14.8. The van der Waals surface area contributed by atoms with Gasteiger partial charge in [0.25, 0.3) is 0 Å². The van der Waals surface area contributed by atoms with E-state index in [0.717, 1.165) is 30.6 Å². The van der Waals surface area contributed by atoms with Gasteiger partial charge in [-0.05, 0) is 43.4 Å². The van der Waals surface area contributed by atoms with E-state index in [4.69, 9.17) is 5.11 Å². The van der Waals surface area contributed by atoms with Crippen LogP contribution in [-0.4, -0.2) is 40.8 Å². The van der Waals surface area contributed by atoms with Crippen LogP contribution in [0.2, 0.25) is 0 Å². The minimum Gasteiger partial charge on any atom is -0.396 e. The summed E-state index contributed by atoms with van der Waals surface area (Å²) in [6.45, 7) is 3.33. The van der Waals surface area contributed by atoms with Gasteiger partial charge in [-0.1, -0.05) is 12.1 Å².